The smallest absolute Gasteiger partial charge is 0.326 e. The number of hydrogen-bond donors (Lipinski definition) is 1. The van der Waals surface area contributed by atoms with E-state index in [2.05, 4.69) is 4.98 Å². The number of alkyl halides is 1. The van der Waals surface area contributed by atoms with Gasteiger partial charge in [-0.3, -0.25) is 4.79 Å². The Hall–Kier alpha value is -4.03. The number of hydrogen-bond acceptors (Lipinski definition) is 9. The number of aromatic nitrogens is 3. The number of amides is 1. The molecule has 1 N–H and O–H groups in total. The van der Waals surface area contributed by atoms with Crippen LogP contribution in [0.4, 0.5) is 10.2 Å². The van der Waals surface area contributed by atoms with E-state index in [-0.39, 0.29) is 61.5 Å². The Morgan fingerprint density at radius 2 is 2.04 bits per heavy atom. The van der Waals surface area contributed by atoms with Crippen LogP contribution < -0.4 is 9.64 Å². The van der Waals surface area contributed by atoms with E-state index >= 15 is 4.39 Å². The van der Waals surface area contributed by atoms with Gasteiger partial charge >= 0.3 is 5.97 Å². The van der Waals surface area contributed by atoms with E-state index in [9.17, 15) is 14.7 Å². The molecule has 3 aromatic heterocycles. The Kier molecular flexibility index (Phi) is 7.73. The van der Waals surface area contributed by atoms with Crippen molar-refractivity contribution < 1.29 is 33.0 Å². The van der Waals surface area contributed by atoms with E-state index in [1.54, 1.807) is 16.7 Å². The topological polar surface area (TPSA) is 131 Å². The maximum absolute atomic E-state index is 16.9. The molecule has 4 aliphatic heterocycles. The van der Waals surface area contributed by atoms with Gasteiger partial charge in [0.15, 0.2) is 11.4 Å². The summed E-state index contributed by atoms with van der Waals surface area (Å²) in [6, 6.07) is 8.03. The quantitative estimate of drug-likeness (QED) is 0.307. The fraction of sp³-hybridized carbons (Fsp3) is 0.469. The number of ether oxygens (including phenoxy) is 2. The molecule has 45 heavy (non-hydrogen) atoms. The number of fused-ring (bicyclic) bond motifs is 11. The number of piperidine rings is 1. The molecule has 4 aliphatic rings. The second kappa shape index (κ2) is 11.7. The second-order valence-electron chi connectivity index (χ2n) is 12.1. The first kappa shape index (κ1) is 29.7. The SMILES string of the molecule is C[C@H]1CN2CC[C@]1(F)c1cc(Cl)cnc1O[C@H]1C[C@@H](C(=O)O)N(C1)c1nc(nc3c1oc1ccccc13)CCCCOCC2=O. The molecule has 7 heterocycles. The third kappa shape index (κ3) is 5.43. The molecule has 236 valence electrons. The van der Waals surface area contributed by atoms with Gasteiger partial charge in [-0.1, -0.05) is 30.7 Å². The molecular weight excluding hydrogens is 605 g/mol. The number of carbonyl (C=O) groups excluding carboxylic acids is 1. The van der Waals surface area contributed by atoms with Crippen molar-refractivity contribution in [3.8, 4) is 5.88 Å². The zero-order valence-electron chi connectivity index (χ0n) is 24.7. The van der Waals surface area contributed by atoms with Crippen molar-refractivity contribution >= 4 is 51.4 Å². The molecule has 13 heteroatoms. The number of aliphatic carboxylic acids is 1. The predicted molar refractivity (Wildman–Crippen MR) is 163 cm³/mol. The minimum absolute atomic E-state index is 0.0284. The lowest BCUT2D eigenvalue weighted by atomic mass is 9.78. The Balaban J connectivity index is 1.31. The average Bonchev–Trinajstić information content (AvgIpc) is 3.62. The number of carboxylic acid groups (broad SMARTS) is 1. The Bertz CT molecular complexity index is 1790. The highest BCUT2D eigenvalue weighted by Crippen LogP contribution is 2.46. The van der Waals surface area contributed by atoms with E-state index in [4.69, 9.17) is 35.5 Å². The fourth-order valence-corrected chi connectivity index (χ4v) is 6.89. The highest BCUT2D eigenvalue weighted by atomic mass is 35.5. The molecule has 6 bridgehead atoms. The van der Waals surface area contributed by atoms with E-state index in [0.29, 0.717) is 54.2 Å². The summed E-state index contributed by atoms with van der Waals surface area (Å²) in [5.74, 6) is -0.849. The molecule has 0 spiro atoms. The summed E-state index contributed by atoms with van der Waals surface area (Å²) in [6.45, 7) is 2.58. The first-order valence-corrected chi connectivity index (χ1v) is 15.6. The Morgan fingerprint density at radius 1 is 1.20 bits per heavy atom. The molecule has 4 atom stereocenters. The van der Waals surface area contributed by atoms with Crippen molar-refractivity contribution in [2.24, 2.45) is 5.92 Å². The molecule has 1 aromatic carbocycles. The minimum Gasteiger partial charge on any atom is -0.480 e. The first-order valence-electron chi connectivity index (χ1n) is 15.3. The van der Waals surface area contributed by atoms with Crippen LogP contribution in [0.25, 0.3) is 22.1 Å². The van der Waals surface area contributed by atoms with Crippen LogP contribution in [0.3, 0.4) is 0 Å². The number of nitrogens with zero attached hydrogens (tertiary/aromatic N) is 5. The standard InChI is InChI=1S/C32H33ClFN5O6/c1-18-15-38-10-9-32(18,34)22-12-19(33)14-35-30(22)44-20-13-23(31(41)42)39(16-20)29-28-27(21-6-2-3-7-24(21)45-28)36-25(37-29)8-4-5-11-43-17-26(38)40/h2-3,6-7,12,14,18,20,23H,4-5,8-11,13,15-17H2,1H3,(H,41,42)/t18-,20-,23-,32+/m0/s1. The average molecular weight is 638 g/mol. The van der Waals surface area contributed by atoms with Crippen LogP contribution in [0.15, 0.2) is 40.9 Å². The van der Waals surface area contributed by atoms with E-state index < -0.39 is 29.7 Å². The lowest BCUT2D eigenvalue weighted by Crippen LogP contribution is -2.50. The highest BCUT2D eigenvalue weighted by Gasteiger charge is 2.47. The summed E-state index contributed by atoms with van der Waals surface area (Å²) in [5, 5.41) is 11.4. The predicted octanol–water partition coefficient (Wildman–Crippen LogP) is 4.92. The molecule has 0 saturated carbocycles. The number of carboxylic acids is 1. The van der Waals surface area contributed by atoms with Crippen molar-refractivity contribution in [3.63, 3.8) is 0 Å². The molecule has 8 rings (SSSR count). The van der Waals surface area contributed by atoms with Crippen LogP contribution in [-0.4, -0.2) is 81.8 Å². The number of carbonyl (C=O) groups is 2. The number of halogens is 2. The molecule has 0 aliphatic carbocycles. The molecule has 0 radical (unpaired) electrons. The second-order valence-corrected chi connectivity index (χ2v) is 12.5. The van der Waals surface area contributed by atoms with E-state index in [1.165, 1.54) is 12.3 Å². The Morgan fingerprint density at radius 3 is 2.87 bits per heavy atom. The third-order valence-corrected chi connectivity index (χ3v) is 9.36. The molecule has 2 saturated heterocycles. The summed E-state index contributed by atoms with van der Waals surface area (Å²) in [5.41, 5.74) is -0.0779. The van der Waals surface area contributed by atoms with Gasteiger partial charge in [0.1, 0.15) is 41.3 Å². The number of furan rings is 1. The first-order chi connectivity index (χ1) is 21.7. The highest BCUT2D eigenvalue weighted by molar-refractivity contribution is 6.30. The normalized spacial score (nSPS) is 26.2. The largest absolute Gasteiger partial charge is 0.480 e. The van der Waals surface area contributed by atoms with Gasteiger partial charge in [-0.2, -0.15) is 0 Å². The summed E-state index contributed by atoms with van der Waals surface area (Å²) >= 11 is 6.31. The van der Waals surface area contributed by atoms with Gasteiger partial charge in [0.05, 0.1) is 17.1 Å². The van der Waals surface area contributed by atoms with Gasteiger partial charge in [-0.05, 0) is 31.0 Å². The molecule has 2 fully saturated rings. The van der Waals surface area contributed by atoms with Crippen LogP contribution in [0.2, 0.25) is 5.02 Å². The third-order valence-electron chi connectivity index (χ3n) is 9.15. The van der Waals surface area contributed by atoms with Gasteiger partial charge in [-0.15, -0.1) is 0 Å². The molecule has 1 amide bonds. The van der Waals surface area contributed by atoms with Crippen LogP contribution >= 0.6 is 11.6 Å². The Labute approximate surface area is 263 Å². The van der Waals surface area contributed by atoms with Crippen LogP contribution in [0.1, 0.15) is 44.0 Å². The molecule has 11 nitrogen and oxygen atoms in total. The summed E-state index contributed by atoms with van der Waals surface area (Å²) < 4.78 is 35.2. The molecular formula is C32H33ClFN5O6. The number of benzene rings is 1. The van der Waals surface area contributed by atoms with Gasteiger partial charge in [0.2, 0.25) is 11.8 Å². The van der Waals surface area contributed by atoms with Crippen LogP contribution in [0.5, 0.6) is 5.88 Å². The zero-order valence-corrected chi connectivity index (χ0v) is 25.5. The van der Waals surface area contributed by atoms with Gasteiger partial charge < -0.3 is 28.8 Å². The van der Waals surface area contributed by atoms with Crippen molar-refractivity contribution in [1.82, 2.24) is 19.9 Å². The number of anilines is 1. The van der Waals surface area contributed by atoms with Crippen molar-refractivity contribution in [3.05, 3.63) is 52.9 Å². The molecule has 0 unspecified atom stereocenters. The van der Waals surface area contributed by atoms with Crippen molar-refractivity contribution in [2.45, 2.75) is 56.8 Å². The monoisotopic (exact) mass is 637 g/mol. The number of pyridine rings is 1. The van der Waals surface area contributed by atoms with Crippen molar-refractivity contribution in [2.75, 3.05) is 37.7 Å². The number of rotatable bonds is 1. The molecule has 4 aromatic rings. The number of para-hydroxylation sites is 1. The maximum Gasteiger partial charge on any atom is 0.326 e. The summed E-state index contributed by atoms with van der Waals surface area (Å²) in [7, 11) is 0. The van der Waals surface area contributed by atoms with E-state index in [1.807, 2.05) is 24.3 Å². The van der Waals surface area contributed by atoms with E-state index in [0.717, 1.165) is 5.39 Å². The summed E-state index contributed by atoms with van der Waals surface area (Å²) in [4.78, 5) is 42.9. The zero-order chi connectivity index (χ0) is 31.3. The van der Waals surface area contributed by atoms with Gasteiger partial charge in [0.25, 0.3) is 0 Å². The van der Waals surface area contributed by atoms with Crippen molar-refractivity contribution in [1.29, 1.82) is 0 Å². The maximum atomic E-state index is 16.9. The minimum atomic E-state index is -1.88. The van der Waals surface area contributed by atoms with Gasteiger partial charge in [-0.25, -0.2) is 24.1 Å². The van der Waals surface area contributed by atoms with Gasteiger partial charge in [0, 0.05) is 56.5 Å². The lowest BCUT2D eigenvalue weighted by Gasteiger charge is -2.42. The fourth-order valence-electron chi connectivity index (χ4n) is 6.73. The van der Waals surface area contributed by atoms with Crippen LogP contribution in [-0.2, 0) is 26.4 Å². The summed E-state index contributed by atoms with van der Waals surface area (Å²) in [6.07, 6.45) is 2.75. The lowest BCUT2D eigenvalue weighted by molar-refractivity contribution is -0.141. The van der Waals surface area contributed by atoms with Crippen LogP contribution in [0, 0.1) is 5.92 Å². The number of aryl methyl sites for hydroxylation is 1.